The largest absolute Gasteiger partial charge is 0.493 e. The highest BCUT2D eigenvalue weighted by Gasteiger charge is 2.13. The number of amides is 2. The Hall–Kier alpha value is -4.48. The molecule has 2 rings (SSSR count). The van der Waals surface area contributed by atoms with Crippen molar-refractivity contribution >= 4 is 24.2 Å². The van der Waals surface area contributed by atoms with Crippen molar-refractivity contribution in [3.63, 3.8) is 0 Å². The average Bonchev–Trinajstić information content (AvgIpc) is 2.93. The van der Waals surface area contributed by atoms with E-state index in [4.69, 9.17) is 28.4 Å². The first-order valence-corrected chi connectivity index (χ1v) is 11.6. The number of carbonyl (C=O) groups is 2. The van der Waals surface area contributed by atoms with Crippen LogP contribution in [-0.4, -0.2) is 66.9 Å². The van der Waals surface area contributed by atoms with Crippen LogP contribution < -0.4 is 39.3 Å². The fourth-order valence-electron chi connectivity index (χ4n) is 3.39. The molecule has 2 amide bonds. The van der Waals surface area contributed by atoms with Crippen LogP contribution in [0.3, 0.4) is 0 Å². The molecule has 206 valence electrons. The van der Waals surface area contributed by atoms with E-state index >= 15 is 0 Å². The third kappa shape index (κ3) is 8.57. The summed E-state index contributed by atoms with van der Waals surface area (Å²) in [6.07, 6.45) is 4.40. The predicted octanol–water partition coefficient (Wildman–Crippen LogP) is 2.90. The van der Waals surface area contributed by atoms with Crippen LogP contribution in [0.1, 0.15) is 36.8 Å². The average molecular weight is 531 g/mol. The number of rotatable bonds is 15. The molecule has 0 saturated heterocycles. The monoisotopic (exact) mass is 530 g/mol. The van der Waals surface area contributed by atoms with Gasteiger partial charge >= 0.3 is 0 Å². The van der Waals surface area contributed by atoms with Crippen LogP contribution in [0.5, 0.6) is 34.5 Å². The highest BCUT2D eigenvalue weighted by Crippen LogP contribution is 2.38. The summed E-state index contributed by atoms with van der Waals surface area (Å²) in [7, 11) is 9.10. The van der Waals surface area contributed by atoms with Crippen molar-refractivity contribution in [3.8, 4) is 34.5 Å². The molecular weight excluding hydrogens is 496 g/mol. The highest BCUT2D eigenvalue weighted by atomic mass is 16.5. The van der Waals surface area contributed by atoms with Gasteiger partial charge < -0.3 is 28.4 Å². The van der Waals surface area contributed by atoms with Crippen LogP contribution in [0.4, 0.5) is 0 Å². The van der Waals surface area contributed by atoms with E-state index in [1.807, 2.05) is 0 Å². The number of unbranched alkanes of at least 4 members (excludes halogenated alkanes) is 1. The number of ether oxygens (including phenoxy) is 6. The van der Waals surface area contributed by atoms with Gasteiger partial charge in [-0.1, -0.05) is 0 Å². The molecule has 12 heteroatoms. The van der Waals surface area contributed by atoms with Crippen molar-refractivity contribution in [2.75, 3.05) is 42.7 Å². The Morgan fingerprint density at radius 3 is 1.18 bits per heavy atom. The third-order valence-corrected chi connectivity index (χ3v) is 5.24. The topological polar surface area (TPSA) is 138 Å². The van der Waals surface area contributed by atoms with E-state index in [2.05, 4.69) is 21.1 Å². The minimum atomic E-state index is -0.269. The van der Waals surface area contributed by atoms with Gasteiger partial charge in [-0.3, -0.25) is 9.59 Å². The van der Waals surface area contributed by atoms with Gasteiger partial charge in [-0.05, 0) is 37.1 Å². The zero-order valence-corrected chi connectivity index (χ0v) is 22.5. The molecule has 0 aromatic heterocycles. The summed E-state index contributed by atoms with van der Waals surface area (Å²) in [6, 6.07) is 6.83. The summed E-state index contributed by atoms with van der Waals surface area (Å²) in [5.74, 6) is 2.30. The van der Waals surface area contributed by atoms with E-state index in [-0.39, 0.29) is 24.7 Å². The molecule has 0 spiro atoms. The molecule has 0 bridgehead atoms. The first-order chi connectivity index (χ1) is 18.4. The third-order valence-electron chi connectivity index (χ3n) is 5.24. The Labute approximate surface area is 221 Å². The fraction of sp³-hybridized carbons (Fsp3) is 0.385. The molecule has 2 aromatic rings. The summed E-state index contributed by atoms with van der Waals surface area (Å²) in [6.45, 7) is 0. The SMILES string of the molecule is COc1cc(/C=N\NC(=O)CCCCC(=O)N/N=C\c2cc(OC)c(OC)c(OC)c2)cc(OC)c1OC. The molecule has 2 N–H and O–H groups in total. The number of benzene rings is 2. The summed E-state index contributed by atoms with van der Waals surface area (Å²) in [5, 5.41) is 7.93. The quantitative estimate of drug-likeness (QED) is 0.204. The first-order valence-electron chi connectivity index (χ1n) is 11.6. The predicted molar refractivity (Wildman–Crippen MR) is 142 cm³/mol. The number of hydrazone groups is 2. The molecule has 0 saturated carbocycles. The van der Waals surface area contributed by atoms with Gasteiger partial charge in [0, 0.05) is 24.0 Å². The first kappa shape index (κ1) is 29.7. The van der Waals surface area contributed by atoms with E-state index in [1.54, 1.807) is 24.3 Å². The van der Waals surface area contributed by atoms with Crippen LogP contribution in [0.2, 0.25) is 0 Å². The van der Waals surface area contributed by atoms with Crippen LogP contribution in [-0.2, 0) is 9.59 Å². The Kier molecular flexibility index (Phi) is 12.2. The minimum absolute atomic E-state index is 0.217. The fourth-order valence-corrected chi connectivity index (χ4v) is 3.39. The van der Waals surface area contributed by atoms with Gasteiger partial charge in [-0.25, -0.2) is 10.9 Å². The standard InChI is InChI=1S/C26H34N4O8/c1-33-19-11-17(12-20(34-2)25(19)37-5)15-27-29-23(31)9-7-8-10-24(32)30-28-16-18-13-21(35-3)26(38-6)22(14-18)36-4/h11-16H,7-10H2,1-6H3,(H,29,31)(H,30,32)/b27-15-,28-16-. The molecular formula is C26H34N4O8. The van der Waals surface area contributed by atoms with Crippen LogP contribution in [0.25, 0.3) is 0 Å². The van der Waals surface area contributed by atoms with Crippen LogP contribution >= 0.6 is 0 Å². The second kappa shape index (κ2) is 15.6. The molecule has 38 heavy (non-hydrogen) atoms. The molecule has 0 radical (unpaired) electrons. The lowest BCUT2D eigenvalue weighted by molar-refractivity contribution is -0.123. The highest BCUT2D eigenvalue weighted by molar-refractivity contribution is 5.85. The molecule has 2 aromatic carbocycles. The Morgan fingerprint density at radius 1 is 0.605 bits per heavy atom. The summed E-state index contributed by atoms with van der Waals surface area (Å²) < 4.78 is 31.7. The van der Waals surface area contributed by atoms with Gasteiger partial charge in [0.05, 0.1) is 55.1 Å². The maximum Gasteiger partial charge on any atom is 0.240 e. The summed E-state index contributed by atoms with van der Waals surface area (Å²) in [5.41, 5.74) is 6.24. The van der Waals surface area contributed by atoms with E-state index in [0.29, 0.717) is 58.5 Å². The van der Waals surface area contributed by atoms with Gasteiger partial charge in [0.2, 0.25) is 23.3 Å². The van der Waals surface area contributed by atoms with E-state index < -0.39 is 0 Å². The van der Waals surface area contributed by atoms with Crippen LogP contribution in [0, 0.1) is 0 Å². The van der Waals surface area contributed by atoms with Crippen molar-refractivity contribution in [2.45, 2.75) is 25.7 Å². The normalized spacial score (nSPS) is 10.8. The number of nitrogens with one attached hydrogen (secondary N) is 2. The zero-order chi connectivity index (χ0) is 27.9. The van der Waals surface area contributed by atoms with E-state index in [9.17, 15) is 9.59 Å². The van der Waals surface area contributed by atoms with Crippen molar-refractivity contribution in [1.82, 2.24) is 10.9 Å². The van der Waals surface area contributed by atoms with Crippen molar-refractivity contribution < 1.29 is 38.0 Å². The van der Waals surface area contributed by atoms with Gasteiger partial charge in [-0.15, -0.1) is 0 Å². The molecule has 12 nitrogen and oxygen atoms in total. The van der Waals surface area contributed by atoms with Gasteiger partial charge in [-0.2, -0.15) is 10.2 Å². The number of hydrogen-bond acceptors (Lipinski definition) is 10. The molecule has 0 atom stereocenters. The lowest BCUT2D eigenvalue weighted by Gasteiger charge is -2.12. The van der Waals surface area contributed by atoms with E-state index in [0.717, 1.165) is 0 Å². The van der Waals surface area contributed by atoms with Crippen molar-refractivity contribution in [3.05, 3.63) is 35.4 Å². The lowest BCUT2D eigenvalue weighted by Crippen LogP contribution is -2.19. The molecule has 0 fully saturated rings. The minimum Gasteiger partial charge on any atom is -0.493 e. The maximum atomic E-state index is 12.1. The lowest BCUT2D eigenvalue weighted by atomic mass is 10.2. The van der Waals surface area contributed by atoms with Crippen molar-refractivity contribution in [1.29, 1.82) is 0 Å². The maximum absolute atomic E-state index is 12.1. The number of hydrogen-bond donors (Lipinski definition) is 2. The van der Waals surface area contributed by atoms with Crippen molar-refractivity contribution in [2.24, 2.45) is 10.2 Å². The Balaban J connectivity index is 1.76. The molecule has 0 heterocycles. The second-order valence-corrected chi connectivity index (χ2v) is 7.71. The number of nitrogens with zero attached hydrogens (tertiary/aromatic N) is 2. The number of carbonyl (C=O) groups excluding carboxylic acids is 2. The molecule has 0 aliphatic heterocycles. The Bertz CT molecular complexity index is 1010. The smallest absolute Gasteiger partial charge is 0.240 e. The molecule has 0 aliphatic carbocycles. The second-order valence-electron chi connectivity index (χ2n) is 7.71. The van der Waals surface area contributed by atoms with Gasteiger partial charge in [0.25, 0.3) is 0 Å². The van der Waals surface area contributed by atoms with Gasteiger partial charge in [0.15, 0.2) is 23.0 Å². The zero-order valence-electron chi connectivity index (χ0n) is 22.5. The van der Waals surface area contributed by atoms with E-state index in [1.165, 1.54) is 55.1 Å². The molecule has 0 aliphatic rings. The Morgan fingerprint density at radius 2 is 0.921 bits per heavy atom. The number of methoxy groups -OCH3 is 6. The summed E-state index contributed by atoms with van der Waals surface area (Å²) in [4.78, 5) is 24.1. The summed E-state index contributed by atoms with van der Waals surface area (Å²) >= 11 is 0. The van der Waals surface area contributed by atoms with Crippen LogP contribution in [0.15, 0.2) is 34.5 Å². The van der Waals surface area contributed by atoms with Gasteiger partial charge in [0.1, 0.15) is 0 Å². The molecule has 0 unspecified atom stereocenters.